The molecule has 6 unspecified atom stereocenters. The number of amides is 3. The van der Waals surface area contributed by atoms with Gasteiger partial charge in [-0.3, -0.25) is 29.1 Å². The first kappa shape index (κ1) is 82.3. The Morgan fingerprint density at radius 2 is 0.667 bits per heavy atom. The van der Waals surface area contributed by atoms with Gasteiger partial charge in [-0.2, -0.15) is 0 Å². The van der Waals surface area contributed by atoms with E-state index in [1.807, 2.05) is 81.0 Å². The zero-order valence-electron chi connectivity index (χ0n) is 68.8. The highest BCUT2D eigenvalue weighted by molar-refractivity contribution is 5.99. The zero-order valence-corrected chi connectivity index (χ0v) is 68.8. The Bertz CT molecular complexity index is 4140. The lowest BCUT2D eigenvalue weighted by Gasteiger charge is -2.37. The van der Waals surface area contributed by atoms with Crippen LogP contribution < -0.4 is 36.0 Å². The van der Waals surface area contributed by atoms with Crippen LogP contribution in [0.5, 0.6) is 0 Å². The number of ether oxygens (including phenoxy) is 2. The smallest absolute Gasteiger partial charge is 0.254 e. The third-order valence-corrected chi connectivity index (χ3v) is 23.3. The SMILES string of the molecule is Cc1ccc(-c2cccc(C(=O)NC3CCN(Cc4ccc(N5CC(C)NC(C)C5)nc4)CC3)c2C)cc1.Cc1ccc(-c2cccc(C(=O)NC3CCN(Cc4ccc(N5CC(C)OC(C)C5)nc4)CC3)c2C)cc1.Cc1ccc(-c2cccc(C(=O)NC3CCN(Cc4ccc(N5CC(C)OC(C)C5)nc4)CC3)c2F)cc1. The topological polar surface area (TPSA) is 176 Å². The van der Waals surface area contributed by atoms with Gasteiger partial charge in [0.15, 0.2) is 0 Å². The summed E-state index contributed by atoms with van der Waals surface area (Å²) in [4.78, 5) is 67.9. The predicted molar refractivity (Wildman–Crippen MR) is 458 cm³/mol. The van der Waals surface area contributed by atoms with Gasteiger partial charge in [-0.25, -0.2) is 19.3 Å². The van der Waals surface area contributed by atoms with Crippen molar-refractivity contribution in [2.75, 3.05) is 93.2 Å². The Balaban J connectivity index is 0.000000149. The number of benzene rings is 6. The molecule has 19 heteroatoms. The Kier molecular flexibility index (Phi) is 27.9. The Morgan fingerprint density at radius 1 is 0.377 bits per heavy atom. The average molecular weight is 1540 g/mol. The van der Waals surface area contributed by atoms with Crippen molar-refractivity contribution in [3.05, 3.63) is 249 Å². The molecular weight excluding hydrogens is 1420 g/mol. The minimum Gasteiger partial charge on any atom is -0.372 e. The second kappa shape index (κ2) is 38.6. The molecule has 4 N–H and O–H groups in total. The Morgan fingerprint density at radius 3 is 0.982 bits per heavy atom. The highest BCUT2D eigenvalue weighted by atomic mass is 19.1. The maximum Gasteiger partial charge on any atom is 0.254 e. The standard InChI is InChI=1S/C32H41N5O.C32H40N4O2.C31H37FN4O2/c1-22-8-11-27(12-9-22)29-6-5-7-30(25(29)4)32(38)35-28-14-16-36(17-15-28)21-26-10-13-31(33-18-26)37-19-23(2)34-24(3)20-37;1-22-8-11-27(12-9-22)29-6-5-7-30(25(29)4)32(37)34-28-14-16-35(17-15-28)21-26-10-13-31(33-18-26)36-19-23(2)38-24(3)20-36;1-21-7-10-25(11-8-21)27-5-4-6-28(30(27)32)31(37)34-26-13-15-35(16-14-26)20-24-9-12-29(33-17-24)36-18-22(2)38-23(3)19-36/h5-13,18,23-24,28,34H,14-17,19-21H2,1-4H3,(H,35,38);5-13,18,23-24,28H,14-17,19-21H2,1-4H3,(H,34,37);4-12,17,22-23,26H,13-16,18-20H2,1-3H3,(H,34,37). The molecule has 18 nitrogen and oxygen atoms in total. The maximum atomic E-state index is 15.3. The fourth-order valence-electron chi connectivity index (χ4n) is 17.1. The van der Waals surface area contributed by atoms with Gasteiger partial charge < -0.3 is 45.4 Å². The molecule has 0 bridgehead atoms. The van der Waals surface area contributed by atoms with Crippen molar-refractivity contribution in [1.82, 2.24) is 50.9 Å². The van der Waals surface area contributed by atoms with E-state index in [1.165, 1.54) is 27.8 Å². The van der Waals surface area contributed by atoms with E-state index in [9.17, 15) is 14.4 Å². The number of halogens is 1. The lowest BCUT2D eigenvalue weighted by Crippen LogP contribution is -2.54. The number of piperidine rings is 3. The third-order valence-electron chi connectivity index (χ3n) is 23.3. The Hall–Kier alpha value is -9.73. The largest absolute Gasteiger partial charge is 0.372 e. The predicted octanol–water partition coefficient (Wildman–Crippen LogP) is 15.5. The van der Waals surface area contributed by atoms with Gasteiger partial charge in [-0.1, -0.05) is 144 Å². The second-order valence-electron chi connectivity index (χ2n) is 33.1. The third kappa shape index (κ3) is 22.0. The number of carbonyl (C=O) groups excluding carboxylic acids is 3. The molecule has 0 radical (unpaired) electrons. The van der Waals surface area contributed by atoms with E-state index in [1.54, 1.807) is 18.2 Å². The molecule has 6 atom stereocenters. The van der Waals surface area contributed by atoms with Crippen molar-refractivity contribution >= 4 is 35.2 Å². The number of rotatable bonds is 18. The molecule has 6 saturated heterocycles. The number of hydrogen-bond acceptors (Lipinski definition) is 15. The summed E-state index contributed by atoms with van der Waals surface area (Å²) in [5.74, 6) is 2.34. The van der Waals surface area contributed by atoms with Gasteiger partial charge in [0.2, 0.25) is 0 Å². The highest BCUT2D eigenvalue weighted by Gasteiger charge is 2.30. The van der Waals surface area contributed by atoms with Crippen LogP contribution in [0.25, 0.3) is 33.4 Å². The summed E-state index contributed by atoms with van der Waals surface area (Å²) in [5.41, 5.74) is 16.7. The number of nitrogens with zero attached hydrogens (tertiary/aromatic N) is 9. The zero-order chi connectivity index (χ0) is 79.9. The number of carbonyl (C=O) groups is 3. The summed E-state index contributed by atoms with van der Waals surface area (Å²) in [6, 6.07) is 56.1. The van der Waals surface area contributed by atoms with Crippen LogP contribution in [0.1, 0.15) is 156 Å². The maximum absolute atomic E-state index is 15.3. The number of morpholine rings is 2. The van der Waals surface area contributed by atoms with Crippen LogP contribution in [0.3, 0.4) is 0 Å². The van der Waals surface area contributed by atoms with Crippen LogP contribution in [0.4, 0.5) is 21.8 Å². The van der Waals surface area contributed by atoms with E-state index in [0.717, 1.165) is 210 Å². The van der Waals surface area contributed by atoms with Gasteiger partial charge in [-0.15, -0.1) is 0 Å². The molecule has 6 aliphatic rings. The van der Waals surface area contributed by atoms with E-state index in [-0.39, 0.29) is 65.8 Å². The summed E-state index contributed by atoms with van der Waals surface area (Å²) in [5, 5.41) is 13.3. The van der Waals surface area contributed by atoms with Gasteiger partial charge in [0.05, 0.1) is 30.0 Å². The van der Waals surface area contributed by atoms with E-state index in [0.29, 0.717) is 17.6 Å². The fourth-order valence-corrected chi connectivity index (χ4v) is 17.1. The van der Waals surface area contributed by atoms with Crippen LogP contribution in [-0.2, 0) is 29.1 Å². The number of piperazine rings is 1. The minimum atomic E-state index is -0.469. The van der Waals surface area contributed by atoms with Gasteiger partial charge in [0, 0.05) is 164 Å². The average Bonchev–Trinajstić information content (AvgIpc) is 0.745. The van der Waals surface area contributed by atoms with Crippen LogP contribution in [-0.4, -0.2) is 181 Å². The first-order chi connectivity index (χ1) is 55.1. The van der Waals surface area contributed by atoms with Gasteiger partial charge in [0.25, 0.3) is 17.7 Å². The van der Waals surface area contributed by atoms with Crippen molar-refractivity contribution < 1.29 is 28.2 Å². The highest BCUT2D eigenvalue weighted by Crippen LogP contribution is 2.32. The summed E-state index contributed by atoms with van der Waals surface area (Å²) in [6.45, 7) is 36.9. The van der Waals surface area contributed by atoms with E-state index in [4.69, 9.17) is 24.4 Å². The first-order valence-electron chi connectivity index (χ1n) is 41.5. The van der Waals surface area contributed by atoms with Crippen LogP contribution in [0.2, 0.25) is 0 Å². The number of aromatic nitrogens is 3. The summed E-state index contributed by atoms with van der Waals surface area (Å²) in [6.07, 6.45) is 12.4. The molecule has 3 amide bonds. The van der Waals surface area contributed by atoms with Crippen molar-refractivity contribution in [2.45, 2.75) is 189 Å². The molecule has 6 aromatic carbocycles. The molecule has 9 aromatic rings. The first-order valence-corrected chi connectivity index (χ1v) is 41.5. The van der Waals surface area contributed by atoms with Crippen molar-refractivity contribution in [2.24, 2.45) is 0 Å². The van der Waals surface area contributed by atoms with Crippen molar-refractivity contribution in [3.8, 4) is 33.4 Å². The normalized spacial score (nSPS) is 20.9. The summed E-state index contributed by atoms with van der Waals surface area (Å²) >= 11 is 0. The molecule has 0 aliphatic carbocycles. The molecule has 9 heterocycles. The van der Waals surface area contributed by atoms with Gasteiger partial charge in [-0.05, 0) is 207 Å². The van der Waals surface area contributed by atoms with E-state index >= 15 is 4.39 Å². The number of aryl methyl sites for hydroxylation is 3. The van der Waals surface area contributed by atoms with Crippen LogP contribution >= 0.6 is 0 Å². The minimum absolute atomic E-state index is 0.0291. The number of likely N-dealkylation sites (tertiary alicyclic amines) is 3. The number of hydrogen-bond donors (Lipinski definition) is 4. The fraction of sp³-hybridized carbons (Fsp3) is 0.432. The van der Waals surface area contributed by atoms with Crippen molar-refractivity contribution in [3.63, 3.8) is 0 Å². The molecular formula is C95H118FN13O5. The number of nitrogens with one attached hydrogen (secondary N) is 4. The number of pyridine rings is 3. The molecule has 6 fully saturated rings. The van der Waals surface area contributed by atoms with Crippen LogP contribution in [0, 0.1) is 40.4 Å². The molecule has 114 heavy (non-hydrogen) atoms. The second-order valence-corrected chi connectivity index (χ2v) is 33.1. The van der Waals surface area contributed by atoms with Crippen molar-refractivity contribution in [1.29, 1.82) is 0 Å². The molecule has 600 valence electrons. The summed E-state index contributed by atoms with van der Waals surface area (Å²) in [7, 11) is 0. The quantitative estimate of drug-likeness (QED) is 0.0638. The van der Waals surface area contributed by atoms with Gasteiger partial charge >= 0.3 is 0 Å². The molecule has 15 rings (SSSR count). The lowest BCUT2D eigenvalue weighted by molar-refractivity contribution is -0.00572. The van der Waals surface area contributed by atoms with Gasteiger partial charge in [0.1, 0.15) is 23.3 Å². The monoisotopic (exact) mass is 1540 g/mol. The van der Waals surface area contributed by atoms with E-state index in [2.05, 4.69) is 210 Å². The van der Waals surface area contributed by atoms with E-state index < -0.39 is 5.82 Å². The lowest BCUT2D eigenvalue weighted by atomic mass is 9.95. The molecule has 3 aromatic heterocycles. The number of anilines is 3. The Labute approximate surface area is 675 Å². The van der Waals surface area contributed by atoms with Crippen LogP contribution in [0.15, 0.2) is 182 Å². The molecule has 0 spiro atoms. The molecule has 6 aliphatic heterocycles. The summed E-state index contributed by atoms with van der Waals surface area (Å²) < 4.78 is 27.0. The molecule has 0 saturated carbocycles.